The van der Waals surface area contributed by atoms with Gasteiger partial charge in [0.1, 0.15) is 11.6 Å². The van der Waals surface area contributed by atoms with E-state index in [0.29, 0.717) is 28.9 Å². The number of hydrogen-bond acceptors (Lipinski definition) is 5. The molecule has 0 aliphatic rings. The Labute approximate surface area is 174 Å². The maximum atomic E-state index is 12.6. The summed E-state index contributed by atoms with van der Waals surface area (Å²) in [7, 11) is 0. The van der Waals surface area contributed by atoms with E-state index in [1.807, 2.05) is 27.7 Å². The van der Waals surface area contributed by atoms with Crippen molar-refractivity contribution < 1.29 is 9.59 Å². The Morgan fingerprint density at radius 1 is 1.23 bits per heavy atom. The zero-order chi connectivity index (χ0) is 21.8. The summed E-state index contributed by atoms with van der Waals surface area (Å²) in [4.78, 5) is 29.5. The topological polar surface area (TPSA) is 112 Å². The molecule has 0 unspecified atom stereocenters. The first-order valence-electron chi connectivity index (χ1n) is 9.75. The van der Waals surface area contributed by atoms with Crippen molar-refractivity contribution in [2.45, 2.75) is 46.6 Å². The van der Waals surface area contributed by atoms with Crippen LogP contribution in [0, 0.1) is 25.2 Å². The quantitative estimate of drug-likeness (QED) is 0.656. The van der Waals surface area contributed by atoms with Gasteiger partial charge in [-0.3, -0.25) is 9.59 Å². The molecule has 1 aromatic carbocycles. The molecule has 0 radical (unpaired) electrons. The zero-order valence-corrected chi connectivity index (χ0v) is 17.5. The van der Waals surface area contributed by atoms with Gasteiger partial charge in [0, 0.05) is 23.9 Å². The van der Waals surface area contributed by atoms with Gasteiger partial charge in [-0.15, -0.1) is 0 Å². The third-order valence-corrected chi connectivity index (χ3v) is 4.80. The van der Waals surface area contributed by atoms with Gasteiger partial charge in [0.05, 0.1) is 17.4 Å². The molecule has 8 nitrogen and oxygen atoms in total. The van der Waals surface area contributed by atoms with Gasteiger partial charge in [0.25, 0.3) is 5.91 Å². The minimum absolute atomic E-state index is 0.00142. The number of carbonyl (C=O) groups is 2. The van der Waals surface area contributed by atoms with Crippen LogP contribution in [0.15, 0.2) is 30.5 Å². The van der Waals surface area contributed by atoms with E-state index in [0.717, 1.165) is 17.0 Å². The van der Waals surface area contributed by atoms with E-state index in [2.05, 4.69) is 26.8 Å². The van der Waals surface area contributed by atoms with E-state index in [9.17, 15) is 14.9 Å². The fourth-order valence-corrected chi connectivity index (χ4v) is 3.33. The lowest BCUT2D eigenvalue weighted by Gasteiger charge is -2.14. The van der Waals surface area contributed by atoms with Gasteiger partial charge in [-0.1, -0.05) is 12.1 Å². The lowest BCUT2D eigenvalue weighted by molar-refractivity contribution is -0.116. The summed E-state index contributed by atoms with van der Waals surface area (Å²) >= 11 is 0. The lowest BCUT2D eigenvalue weighted by atomic mass is 10.1. The van der Waals surface area contributed by atoms with Crippen molar-refractivity contribution in [2.24, 2.45) is 0 Å². The minimum atomic E-state index is -0.228. The average molecular weight is 404 g/mol. The highest BCUT2D eigenvalue weighted by Crippen LogP contribution is 2.19. The van der Waals surface area contributed by atoms with Gasteiger partial charge in [0.2, 0.25) is 5.91 Å². The summed E-state index contributed by atoms with van der Waals surface area (Å²) in [5.74, 6) is -0.425. The first-order valence-corrected chi connectivity index (χ1v) is 9.75. The maximum Gasteiger partial charge on any atom is 0.253 e. The van der Waals surface area contributed by atoms with E-state index in [4.69, 9.17) is 0 Å². The molecule has 0 atom stereocenters. The molecular formula is C22H24N6O2. The first-order chi connectivity index (χ1) is 14.3. The molecule has 3 aromatic rings. The summed E-state index contributed by atoms with van der Waals surface area (Å²) in [6.45, 7) is 7.52. The normalized spacial score (nSPS) is 10.8. The zero-order valence-electron chi connectivity index (χ0n) is 17.5. The third-order valence-electron chi connectivity index (χ3n) is 4.80. The fraction of sp³-hybridized carbons (Fsp3) is 0.318. The standard InChI is InChI=1S/C22H24N6O2/c1-13(2)25-22(30)18-7-5-6-8-19(18)27-20(29)10-9-17-14(3)26-21-16(11-23)12-24-28(21)15(17)4/h5-8,12-13H,9-10H2,1-4H3,(H,25,30)(H,27,29). The van der Waals surface area contributed by atoms with E-state index < -0.39 is 0 Å². The molecule has 0 bridgehead atoms. The van der Waals surface area contributed by atoms with Crippen LogP contribution >= 0.6 is 0 Å². The van der Waals surface area contributed by atoms with Gasteiger partial charge in [0.15, 0.2) is 5.65 Å². The molecule has 154 valence electrons. The molecule has 2 heterocycles. The van der Waals surface area contributed by atoms with Gasteiger partial charge >= 0.3 is 0 Å². The molecule has 0 aliphatic carbocycles. The van der Waals surface area contributed by atoms with E-state index in [-0.39, 0.29) is 24.3 Å². The van der Waals surface area contributed by atoms with Crippen molar-refractivity contribution in [3.05, 3.63) is 58.5 Å². The highest BCUT2D eigenvalue weighted by molar-refractivity contribution is 6.03. The Morgan fingerprint density at radius 2 is 1.97 bits per heavy atom. The van der Waals surface area contributed by atoms with Crippen molar-refractivity contribution in [1.82, 2.24) is 19.9 Å². The second-order valence-corrected chi connectivity index (χ2v) is 7.39. The van der Waals surface area contributed by atoms with Crippen molar-refractivity contribution in [3.63, 3.8) is 0 Å². The van der Waals surface area contributed by atoms with E-state index >= 15 is 0 Å². The van der Waals surface area contributed by atoms with Crippen LogP contribution in [0.1, 0.15) is 53.1 Å². The van der Waals surface area contributed by atoms with Crippen LogP contribution in [0.25, 0.3) is 5.65 Å². The molecule has 0 aliphatic heterocycles. The lowest BCUT2D eigenvalue weighted by Crippen LogP contribution is -2.31. The van der Waals surface area contributed by atoms with Crippen LogP contribution in [0.2, 0.25) is 0 Å². The predicted octanol–water partition coefficient (Wildman–Crippen LogP) is 2.93. The number of aryl methyl sites for hydroxylation is 2. The Bertz CT molecular complexity index is 1160. The second-order valence-electron chi connectivity index (χ2n) is 7.39. The number of amides is 2. The molecular weight excluding hydrogens is 380 g/mol. The highest BCUT2D eigenvalue weighted by atomic mass is 16.2. The van der Waals surface area contributed by atoms with Crippen molar-refractivity contribution >= 4 is 23.1 Å². The number of nitrogens with zero attached hydrogens (tertiary/aromatic N) is 4. The Kier molecular flexibility index (Phi) is 6.11. The largest absolute Gasteiger partial charge is 0.350 e. The molecule has 0 spiro atoms. The molecule has 2 amide bonds. The summed E-state index contributed by atoms with van der Waals surface area (Å²) in [5, 5.41) is 19.1. The molecule has 2 aromatic heterocycles. The SMILES string of the molecule is Cc1nc2c(C#N)cnn2c(C)c1CCC(=O)Nc1ccccc1C(=O)NC(C)C. The number of benzene rings is 1. The molecule has 30 heavy (non-hydrogen) atoms. The smallest absolute Gasteiger partial charge is 0.253 e. The second kappa shape index (κ2) is 8.74. The number of rotatable bonds is 6. The van der Waals surface area contributed by atoms with Crippen molar-refractivity contribution in [2.75, 3.05) is 5.32 Å². The van der Waals surface area contributed by atoms with E-state index in [1.165, 1.54) is 6.20 Å². The van der Waals surface area contributed by atoms with E-state index in [1.54, 1.807) is 28.8 Å². The highest BCUT2D eigenvalue weighted by Gasteiger charge is 2.17. The van der Waals surface area contributed by atoms with Gasteiger partial charge in [-0.25, -0.2) is 9.50 Å². The van der Waals surface area contributed by atoms with Crippen LogP contribution in [0.3, 0.4) is 0 Å². The number of fused-ring (bicyclic) bond motifs is 1. The molecule has 2 N–H and O–H groups in total. The average Bonchev–Trinajstić information content (AvgIpc) is 3.10. The monoisotopic (exact) mass is 404 g/mol. The van der Waals surface area contributed by atoms with Crippen LogP contribution < -0.4 is 10.6 Å². The van der Waals surface area contributed by atoms with Gasteiger partial charge in [-0.05, 0) is 51.8 Å². The number of nitriles is 1. The summed E-state index contributed by atoms with van der Waals surface area (Å²) in [6.07, 6.45) is 2.18. The Hall–Kier alpha value is -3.73. The van der Waals surface area contributed by atoms with Crippen LogP contribution in [-0.4, -0.2) is 32.5 Å². The molecule has 0 saturated carbocycles. The Balaban J connectivity index is 1.75. The number of anilines is 1. The van der Waals surface area contributed by atoms with Crippen molar-refractivity contribution in [1.29, 1.82) is 5.26 Å². The summed E-state index contributed by atoms with van der Waals surface area (Å²) in [6, 6.07) is 9.02. The minimum Gasteiger partial charge on any atom is -0.350 e. The van der Waals surface area contributed by atoms with Crippen LogP contribution in [0.5, 0.6) is 0 Å². The molecule has 8 heteroatoms. The molecule has 0 fully saturated rings. The van der Waals surface area contributed by atoms with Crippen LogP contribution in [-0.2, 0) is 11.2 Å². The summed E-state index contributed by atoms with van der Waals surface area (Å²) in [5.41, 5.74) is 4.37. The molecule has 3 rings (SSSR count). The predicted molar refractivity (Wildman–Crippen MR) is 113 cm³/mol. The number of carbonyl (C=O) groups excluding carboxylic acids is 2. The molecule has 0 saturated heterocycles. The summed E-state index contributed by atoms with van der Waals surface area (Å²) < 4.78 is 1.63. The number of nitrogens with one attached hydrogen (secondary N) is 2. The number of hydrogen-bond donors (Lipinski definition) is 2. The fourth-order valence-electron chi connectivity index (χ4n) is 3.33. The Morgan fingerprint density at radius 3 is 2.67 bits per heavy atom. The number of aromatic nitrogens is 3. The number of para-hydroxylation sites is 1. The van der Waals surface area contributed by atoms with Gasteiger partial charge < -0.3 is 10.6 Å². The van der Waals surface area contributed by atoms with Crippen molar-refractivity contribution in [3.8, 4) is 6.07 Å². The first kappa shape index (κ1) is 21.0. The maximum absolute atomic E-state index is 12.6. The van der Waals surface area contributed by atoms with Crippen LogP contribution in [0.4, 0.5) is 5.69 Å². The van der Waals surface area contributed by atoms with Gasteiger partial charge in [-0.2, -0.15) is 10.4 Å². The third kappa shape index (κ3) is 4.30.